The van der Waals surface area contributed by atoms with Gasteiger partial charge in [-0.2, -0.15) is 5.26 Å². The molecule has 3 heterocycles. The molecule has 1 aliphatic heterocycles. The van der Waals surface area contributed by atoms with Crippen molar-refractivity contribution in [2.24, 2.45) is 0 Å². The van der Waals surface area contributed by atoms with Crippen molar-refractivity contribution in [3.63, 3.8) is 0 Å². The molecule has 4 rings (SSSR count). The van der Waals surface area contributed by atoms with E-state index >= 15 is 0 Å². The van der Waals surface area contributed by atoms with Crippen LogP contribution in [0.5, 0.6) is 0 Å². The number of carbonyl (C=O) groups is 1. The number of hydrogen-bond acceptors (Lipinski definition) is 5. The Kier molecular flexibility index (Phi) is 5.76. The molecule has 0 spiro atoms. The highest BCUT2D eigenvalue weighted by atomic mass is 28.3. The van der Waals surface area contributed by atoms with E-state index in [-0.39, 0.29) is 12.6 Å². The zero-order chi connectivity index (χ0) is 22.0. The maximum atomic E-state index is 13.4. The summed E-state index contributed by atoms with van der Waals surface area (Å²) in [5.41, 5.74) is 0.627. The minimum absolute atomic E-state index is 0.227. The van der Waals surface area contributed by atoms with Gasteiger partial charge in [0, 0.05) is 44.0 Å². The second-order valence-corrected chi connectivity index (χ2v) is 14.5. The van der Waals surface area contributed by atoms with Crippen molar-refractivity contribution < 1.29 is 9.53 Å². The molecule has 1 aliphatic rings. The molecule has 0 saturated carbocycles. The molecule has 1 atom stereocenters. The third-order valence-corrected chi connectivity index (χ3v) is 7.03. The number of anilines is 2. The Labute approximate surface area is 182 Å². The molecule has 1 fully saturated rings. The van der Waals surface area contributed by atoms with E-state index in [9.17, 15) is 10.1 Å². The van der Waals surface area contributed by atoms with E-state index < -0.39 is 14.1 Å². The first-order valence-electron chi connectivity index (χ1n) is 10.3. The van der Waals surface area contributed by atoms with Crippen LogP contribution in [0.2, 0.25) is 25.7 Å². The van der Waals surface area contributed by atoms with Gasteiger partial charge < -0.3 is 4.74 Å². The SMILES string of the molecule is C[Si](C)(C)CCOCn1ccnc1N1CC(C#N)N(c2cncc3ccccc23)C1=O. The van der Waals surface area contributed by atoms with Crippen LogP contribution in [0.15, 0.2) is 49.1 Å². The Morgan fingerprint density at radius 2 is 2.06 bits per heavy atom. The molecule has 31 heavy (non-hydrogen) atoms. The number of carbonyl (C=O) groups excluding carboxylic acids is 1. The fourth-order valence-corrected chi connectivity index (χ4v) is 4.37. The Balaban J connectivity index is 1.58. The van der Waals surface area contributed by atoms with Gasteiger partial charge in [0.05, 0.1) is 24.5 Å². The van der Waals surface area contributed by atoms with Gasteiger partial charge in [0.2, 0.25) is 5.95 Å². The molecule has 9 heteroatoms. The van der Waals surface area contributed by atoms with Crippen LogP contribution in [-0.4, -0.2) is 47.8 Å². The van der Waals surface area contributed by atoms with Crippen LogP contribution in [0.3, 0.4) is 0 Å². The van der Waals surface area contributed by atoms with Gasteiger partial charge in [-0.05, 0) is 6.04 Å². The number of hydrogen-bond donors (Lipinski definition) is 0. The van der Waals surface area contributed by atoms with Gasteiger partial charge in [0.25, 0.3) is 0 Å². The van der Waals surface area contributed by atoms with Gasteiger partial charge in [0.15, 0.2) is 0 Å². The number of pyridine rings is 1. The quantitative estimate of drug-likeness (QED) is 0.413. The summed E-state index contributed by atoms with van der Waals surface area (Å²) in [4.78, 5) is 25.1. The third-order valence-electron chi connectivity index (χ3n) is 5.32. The fourth-order valence-electron chi connectivity index (χ4n) is 3.61. The van der Waals surface area contributed by atoms with Crippen LogP contribution in [-0.2, 0) is 11.5 Å². The van der Waals surface area contributed by atoms with E-state index in [0.29, 0.717) is 25.0 Å². The summed E-state index contributed by atoms with van der Waals surface area (Å²) in [7, 11) is -1.18. The number of benzene rings is 1. The van der Waals surface area contributed by atoms with Crippen molar-refractivity contribution >= 4 is 36.5 Å². The summed E-state index contributed by atoms with van der Waals surface area (Å²) < 4.78 is 7.65. The summed E-state index contributed by atoms with van der Waals surface area (Å²) in [6, 6.07) is 10.1. The van der Waals surface area contributed by atoms with Gasteiger partial charge in [-0.15, -0.1) is 0 Å². The zero-order valence-corrected chi connectivity index (χ0v) is 19.0. The monoisotopic (exact) mass is 434 g/mol. The van der Waals surface area contributed by atoms with Crippen molar-refractivity contribution in [1.29, 1.82) is 5.26 Å². The molecule has 8 nitrogen and oxygen atoms in total. The van der Waals surface area contributed by atoms with Gasteiger partial charge >= 0.3 is 6.03 Å². The number of urea groups is 1. The van der Waals surface area contributed by atoms with Crippen molar-refractivity contribution in [3.05, 3.63) is 49.1 Å². The maximum absolute atomic E-state index is 13.4. The minimum Gasteiger partial charge on any atom is -0.361 e. The summed E-state index contributed by atoms with van der Waals surface area (Å²) in [6.07, 6.45) is 6.83. The lowest BCUT2D eigenvalue weighted by Crippen LogP contribution is -2.35. The number of ether oxygens (including phenoxy) is 1. The lowest BCUT2D eigenvalue weighted by molar-refractivity contribution is 0.0881. The summed E-state index contributed by atoms with van der Waals surface area (Å²) >= 11 is 0. The average molecular weight is 435 g/mol. The Bertz CT molecular complexity index is 1130. The molecule has 0 N–H and O–H groups in total. The van der Waals surface area contributed by atoms with Crippen molar-refractivity contribution in [2.45, 2.75) is 38.5 Å². The Morgan fingerprint density at radius 1 is 1.26 bits per heavy atom. The first kappa shape index (κ1) is 21.0. The molecule has 160 valence electrons. The molecule has 2 amide bonds. The summed E-state index contributed by atoms with van der Waals surface area (Å²) in [6.45, 7) is 8.14. The van der Waals surface area contributed by atoms with Crippen molar-refractivity contribution in [2.75, 3.05) is 23.0 Å². The molecular weight excluding hydrogens is 408 g/mol. The Hall–Kier alpha value is -3.22. The van der Waals surface area contributed by atoms with Crippen LogP contribution in [0, 0.1) is 11.3 Å². The van der Waals surface area contributed by atoms with Gasteiger partial charge in [-0.3, -0.25) is 19.4 Å². The number of aromatic nitrogens is 3. The van der Waals surface area contributed by atoms with Crippen LogP contribution in [0.25, 0.3) is 10.8 Å². The number of rotatable bonds is 7. The predicted molar refractivity (Wildman–Crippen MR) is 123 cm³/mol. The molecule has 1 saturated heterocycles. The van der Waals surface area contributed by atoms with Crippen LogP contribution < -0.4 is 9.80 Å². The number of imidazole rings is 1. The smallest absolute Gasteiger partial charge is 0.332 e. The Morgan fingerprint density at radius 3 is 2.84 bits per heavy atom. The summed E-state index contributed by atoms with van der Waals surface area (Å²) in [5.74, 6) is 0.481. The largest absolute Gasteiger partial charge is 0.361 e. The molecular formula is C22H26N6O2Si. The number of nitrogens with zero attached hydrogens (tertiary/aromatic N) is 6. The highest BCUT2D eigenvalue weighted by Gasteiger charge is 2.41. The standard InChI is InChI=1S/C22H26N6O2Si/c1-31(2,3)11-10-30-16-26-9-8-25-21(26)27-15-18(12-23)28(22(27)29)20-14-24-13-17-6-4-5-7-19(17)20/h4-9,13-14,18H,10-11,15-16H2,1-3H3. The van der Waals surface area contributed by atoms with Gasteiger partial charge in [-0.25, -0.2) is 9.78 Å². The number of amides is 2. The second-order valence-electron chi connectivity index (χ2n) is 8.83. The van der Waals surface area contributed by atoms with E-state index in [4.69, 9.17) is 4.74 Å². The van der Waals surface area contributed by atoms with Crippen molar-refractivity contribution in [1.82, 2.24) is 14.5 Å². The number of nitriles is 1. The van der Waals surface area contributed by atoms with E-state index in [1.54, 1.807) is 29.4 Å². The molecule has 1 aromatic carbocycles. The molecule has 3 aromatic rings. The van der Waals surface area contributed by atoms with Crippen LogP contribution in [0.1, 0.15) is 0 Å². The van der Waals surface area contributed by atoms with E-state index in [0.717, 1.165) is 16.8 Å². The second kappa shape index (κ2) is 8.49. The lowest BCUT2D eigenvalue weighted by Gasteiger charge is -2.21. The average Bonchev–Trinajstić information content (AvgIpc) is 3.33. The zero-order valence-electron chi connectivity index (χ0n) is 18.0. The van der Waals surface area contributed by atoms with Crippen molar-refractivity contribution in [3.8, 4) is 6.07 Å². The van der Waals surface area contributed by atoms with Crippen LogP contribution >= 0.6 is 0 Å². The van der Waals surface area contributed by atoms with Gasteiger partial charge in [0.1, 0.15) is 12.8 Å². The molecule has 2 aromatic heterocycles. The third kappa shape index (κ3) is 4.31. The molecule has 0 radical (unpaired) electrons. The normalized spacial score (nSPS) is 16.8. The first-order valence-corrected chi connectivity index (χ1v) is 14.0. The van der Waals surface area contributed by atoms with E-state index in [1.165, 1.54) is 9.80 Å². The number of fused-ring (bicyclic) bond motifs is 1. The highest BCUT2D eigenvalue weighted by molar-refractivity contribution is 6.76. The van der Waals surface area contributed by atoms with E-state index in [2.05, 4.69) is 35.7 Å². The minimum atomic E-state index is -1.18. The topological polar surface area (TPSA) is 87.3 Å². The first-order chi connectivity index (χ1) is 14.9. The fraction of sp³-hybridized carbons (Fsp3) is 0.364. The molecule has 0 aliphatic carbocycles. The molecule has 0 bridgehead atoms. The lowest BCUT2D eigenvalue weighted by atomic mass is 10.1. The van der Waals surface area contributed by atoms with Gasteiger partial charge in [-0.1, -0.05) is 43.9 Å². The van der Waals surface area contributed by atoms with E-state index in [1.807, 2.05) is 24.3 Å². The van der Waals surface area contributed by atoms with Crippen LogP contribution in [0.4, 0.5) is 16.4 Å². The summed E-state index contributed by atoms with van der Waals surface area (Å²) in [5, 5.41) is 11.6. The maximum Gasteiger partial charge on any atom is 0.332 e. The molecule has 1 unspecified atom stereocenters. The predicted octanol–water partition coefficient (Wildman–Crippen LogP) is 4.08. The highest BCUT2D eigenvalue weighted by Crippen LogP contribution is 2.32.